The lowest BCUT2D eigenvalue weighted by Gasteiger charge is -2.29. The topological polar surface area (TPSA) is 46.5 Å². The van der Waals surface area contributed by atoms with Crippen LogP contribution in [0.5, 0.6) is 5.75 Å². The lowest BCUT2D eigenvalue weighted by Crippen LogP contribution is -2.26. The molecule has 0 aromatic heterocycles. The molecule has 98 valence electrons. The van der Waals surface area contributed by atoms with Crippen LogP contribution < -0.4 is 4.74 Å². The van der Waals surface area contributed by atoms with E-state index >= 15 is 0 Å². The molecular formula is C15H20O3. The Hall–Kier alpha value is -1.51. The molecule has 1 saturated carbocycles. The van der Waals surface area contributed by atoms with Crippen LogP contribution in [0, 0.1) is 6.92 Å². The first kappa shape index (κ1) is 12.9. The van der Waals surface area contributed by atoms with Gasteiger partial charge in [0, 0.05) is 11.0 Å². The molecule has 0 amide bonds. The molecule has 1 aliphatic carbocycles. The van der Waals surface area contributed by atoms with Crippen LogP contribution in [0.4, 0.5) is 0 Å². The summed E-state index contributed by atoms with van der Waals surface area (Å²) in [5, 5.41) is 9.19. The maximum absolute atomic E-state index is 11.2. The Balaban J connectivity index is 2.47. The van der Waals surface area contributed by atoms with Crippen LogP contribution in [0.25, 0.3) is 0 Å². The quantitative estimate of drug-likeness (QED) is 0.889. The lowest BCUT2D eigenvalue weighted by molar-refractivity contribution is -0.138. The van der Waals surface area contributed by atoms with Gasteiger partial charge in [0.15, 0.2) is 0 Å². The lowest BCUT2D eigenvalue weighted by atomic mass is 9.75. The van der Waals surface area contributed by atoms with Crippen LogP contribution in [0.2, 0.25) is 0 Å². The van der Waals surface area contributed by atoms with Gasteiger partial charge in [-0.1, -0.05) is 30.5 Å². The van der Waals surface area contributed by atoms with Gasteiger partial charge in [0.25, 0.3) is 0 Å². The number of benzene rings is 1. The largest absolute Gasteiger partial charge is 0.496 e. The summed E-state index contributed by atoms with van der Waals surface area (Å²) in [6, 6.07) is 6.05. The zero-order chi connectivity index (χ0) is 13.2. The standard InChI is InChI=1S/C15H20O3/c1-11-5-6-13(18-2)12(9-11)15(10-14(16)17)7-3-4-8-15/h5-6,9H,3-4,7-8,10H2,1-2H3,(H,16,17). The zero-order valence-electron chi connectivity index (χ0n) is 11.0. The average molecular weight is 248 g/mol. The Bertz CT molecular complexity index is 445. The molecule has 1 N–H and O–H groups in total. The van der Waals surface area contributed by atoms with Crippen molar-refractivity contribution in [3.63, 3.8) is 0 Å². The van der Waals surface area contributed by atoms with E-state index in [1.807, 2.05) is 19.1 Å². The molecule has 2 rings (SSSR count). The molecule has 0 bridgehead atoms. The van der Waals surface area contributed by atoms with E-state index in [9.17, 15) is 9.90 Å². The minimum atomic E-state index is -0.722. The highest BCUT2D eigenvalue weighted by molar-refractivity contribution is 5.69. The summed E-state index contributed by atoms with van der Waals surface area (Å²) in [7, 11) is 1.65. The van der Waals surface area contributed by atoms with E-state index in [2.05, 4.69) is 6.07 Å². The molecule has 1 fully saturated rings. The molecule has 3 nitrogen and oxygen atoms in total. The summed E-state index contributed by atoms with van der Waals surface area (Å²) in [5.41, 5.74) is 2.00. The normalized spacial score (nSPS) is 17.7. The van der Waals surface area contributed by atoms with E-state index in [-0.39, 0.29) is 11.8 Å². The minimum Gasteiger partial charge on any atom is -0.496 e. The smallest absolute Gasteiger partial charge is 0.304 e. The van der Waals surface area contributed by atoms with Crippen molar-refractivity contribution in [3.8, 4) is 5.75 Å². The molecule has 0 saturated heterocycles. The first-order chi connectivity index (χ1) is 8.57. The number of aliphatic carboxylic acids is 1. The monoisotopic (exact) mass is 248 g/mol. The molecule has 0 spiro atoms. The molecule has 1 aromatic carbocycles. The summed E-state index contributed by atoms with van der Waals surface area (Å²) in [5.74, 6) is 0.101. The first-order valence-corrected chi connectivity index (χ1v) is 6.44. The van der Waals surface area contributed by atoms with Crippen LogP contribution in [0.15, 0.2) is 18.2 Å². The van der Waals surface area contributed by atoms with Gasteiger partial charge < -0.3 is 9.84 Å². The maximum Gasteiger partial charge on any atom is 0.304 e. The number of hydrogen-bond acceptors (Lipinski definition) is 2. The third kappa shape index (κ3) is 2.35. The molecular weight excluding hydrogens is 228 g/mol. The number of hydrogen-bond donors (Lipinski definition) is 1. The number of ether oxygens (including phenoxy) is 1. The SMILES string of the molecule is COc1ccc(C)cc1C1(CC(=O)O)CCCC1. The second-order valence-electron chi connectivity index (χ2n) is 5.26. The van der Waals surface area contributed by atoms with Crippen LogP contribution in [0.1, 0.15) is 43.2 Å². The average Bonchev–Trinajstić information content (AvgIpc) is 2.77. The third-order valence-corrected chi connectivity index (χ3v) is 3.98. The van der Waals surface area contributed by atoms with Crippen LogP contribution >= 0.6 is 0 Å². The molecule has 0 atom stereocenters. The molecule has 3 heteroatoms. The molecule has 0 aliphatic heterocycles. The van der Waals surface area contributed by atoms with E-state index in [0.29, 0.717) is 0 Å². The predicted octanol–water partition coefficient (Wildman–Crippen LogP) is 3.29. The number of carboxylic acid groups (broad SMARTS) is 1. The number of carboxylic acids is 1. The van der Waals surface area contributed by atoms with Crippen molar-refractivity contribution in [1.82, 2.24) is 0 Å². The van der Waals surface area contributed by atoms with E-state index in [4.69, 9.17) is 4.74 Å². The molecule has 0 unspecified atom stereocenters. The van der Waals surface area contributed by atoms with Gasteiger partial charge in [-0.05, 0) is 25.8 Å². The van der Waals surface area contributed by atoms with Crippen LogP contribution in [0.3, 0.4) is 0 Å². The Morgan fingerprint density at radius 3 is 2.61 bits per heavy atom. The molecule has 1 aromatic rings. The number of carbonyl (C=O) groups is 1. The number of methoxy groups -OCH3 is 1. The highest BCUT2D eigenvalue weighted by atomic mass is 16.5. The van der Waals surface area contributed by atoms with Crippen molar-refractivity contribution in [3.05, 3.63) is 29.3 Å². The highest BCUT2D eigenvalue weighted by Gasteiger charge is 2.39. The van der Waals surface area contributed by atoms with Gasteiger partial charge in [-0.2, -0.15) is 0 Å². The Kier molecular flexibility index (Phi) is 3.60. The van der Waals surface area contributed by atoms with Gasteiger partial charge in [-0.3, -0.25) is 4.79 Å². The van der Waals surface area contributed by atoms with Gasteiger partial charge in [0.1, 0.15) is 5.75 Å². The Morgan fingerprint density at radius 2 is 2.06 bits per heavy atom. The molecule has 0 heterocycles. The van der Waals surface area contributed by atoms with Crippen molar-refractivity contribution >= 4 is 5.97 Å². The van der Waals surface area contributed by atoms with E-state index < -0.39 is 5.97 Å². The minimum absolute atomic E-state index is 0.201. The number of rotatable bonds is 4. The van der Waals surface area contributed by atoms with Crippen molar-refractivity contribution in [2.75, 3.05) is 7.11 Å². The van der Waals surface area contributed by atoms with E-state index in [0.717, 1.165) is 42.6 Å². The van der Waals surface area contributed by atoms with Crippen molar-refractivity contribution in [1.29, 1.82) is 0 Å². The van der Waals surface area contributed by atoms with Gasteiger partial charge in [-0.15, -0.1) is 0 Å². The fourth-order valence-corrected chi connectivity index (χ4v) is 3.12. The number of aryl methyl sites for hydroxylation is 1. The maximum atomic E-state index is 11.2. The first-order valence-electron chi connectivity index (χ1n) is 6.44. The molecule has 1 aliphatic rings. The fourth-order valence-electron chi connectivity index (χ4n) is 3.12. The summed E-state index contributed by atoms with van der Waals surface area (Å²) in [6.45, 7) is 2.03. The Labute approximate surface area is 108 Å². The summed E-state index contributed by atoms with van der Waals surface area (Å²) in [4.78, 5) is 11.2. The van der Waals surface area contributed by atoms with Gasteiger partial charge in [-0.25, -0.2) is 0 Å². The molecule has 0 radical (unpaired) electrons. The summed E-state index contributed by atoms with van der Waals surface area (Å²) in [6.07, 6.45) is 4.29. The van der Waals surface area contributed by atoms with Gasteiger partial charge in [0.05, 0.1) is 13.5 Å². The van der Waals surface area contributed by atoms with Crippen molar-refractivity contribution < 1.29 is 14.6 Å². The van der Waals surface area contributed by atoms with E-state index in [1.54, 1.807) is 7.11 Å². The zero-order valence-corrected chi connectivity index (χ0v) is 11.0. The van der Waals surface area contributed by atoms with Crippen LogP contribution in [-0.4, -0.2) is 18.2 Å². The second kappa shape index (κ2) is 5.01. The Morgan fingerprint density at radius 1 is 1.39 bits per heavy atom. The van der Waals surface area contributed by atoms with E-state index in [1.165, 1.54) is 0 Å². The highest BCUT2D eigenvalue weighted by Crippen LogP contribution is 2.47. The predicted molar refractivity (Wildman–Crippen MR) is 70.1 cm³/mol. The molecule has 18 heavy (non-hydrogen) atoms. The van der Waals surface area contributed by atoms with Crippen LogP contribution in [-0.2, 0) is 10.2 Å². The van der Waals surface area contributed by atoms with Crippen molar-refractivity contribution in [2.45, 2.75) is 44.4 Å². The van der Waals surface area contributed by atoms with Crippen molar-refractivity contribution in [2.24, 2.45) is 0 Å². The van der Waals surface area contributed by atoms with Gasteiger partial charge in [0.2, 0.25) is 0 Å². The summed E-state index contributed by atoms with van der Waals surface area (Å²) < 4.78 is 5.43. The van der Waals surface area contributed by atoms with Gasteiger partial charge >= 0.3 is 5.97 Å². The third-order valence-electron chi connectivity index (χ3n) is 3.98. The fraction of sp³-hybridized carbons (Fsp3) is 0.533. The summed E-state index contributed by atoms with van der Waals surface area (Å²) >= 11 is 0. The second-order valence-corrected chi connectivity index (χ2v) is 5.26.